The number of rotatable bonds is 10. The van der Waals surface area contributed by atoms with Gasteiger partial charge < -0.3 is 19.6 Å². The average Bonchev–Trinajstić information content (AvgIpc) is 3.29. The maximum absolute atomic E-state index is 13.1. The van der Waals surface area contributed by atoms with Crippen molar-refractivity contribution in [2.24, 2.45) is 0 Å². The molecule has 2 N–H and O–H groups in total. The van der Waals surface area contributed by atoms with Gasteiger partial charge >= 0.3 is 0 Å². The molecule has 0 aliphatic heterocycles. The number of nitrogens with one attached hydrogen (secondary N) is 1. The molecule has 178 valence electrons. The fourth-order valence-corrected chi connectivity index (χ4v) is 5.04. The fraction of sp³-hybridized carbons (Fsp3) is 0.308. The van der Waals surface area contributed by atoms with Crippen molar-refractivity contribution >= 4 is 21.6 Å². The highest BCUT2D eigenvalue weighted by Crippen LogP contribution is 2.36. The molecule has 0 aliphatic rings. The Morgan fingerprint density at radius 1 is 1.12 bits per heavy atom. The van der Waals surface area contributed by atoms with Crippen LogP contribution in [0.15, 0.2) is 58.7 Å². The van der Waals surface area contributed by atoms with E-state index in [0.29, 0.717) is 40.6 Å². The van der Waals surface area contributed by atoms with Crippen molar-refractivity contribution in [1.29, 1.82) is 0 Å². The number of aromatic nitrogens is 2. The molecule has 7 nitrogen and oxygen atoms in total. The van der Waals surface area contributed by atoms with E-state index < -0.39 is 6.10 Å². The molecule has 1 atom stereocenters. The Labute approximate surface area is 202 Å². The molecule has 2 aromatic carbocycles. The summed E-state index contributed by atoms with van der Waals surface area (Å²) >= 11 is 1.44. The van der Waals surface area contributed by atoms with Crippen LogP contribution in [0.4, 0.5) is 0 Å². The molecule has 8 heteroatoms. The topological polar surface area (TPSA) is 87.7 Å². The second-order valence-corrected chi connectivity index (χ2v) is 8.93. The summed E-state index contributed by atoms with van der Waals surface area (Å²) in [6.45, 7) is 3.79. The molecule has 2 heterocycles. The van der Waals surface area contributed by atoms with Gasteiger partial charge in [-0.25, -0.2) is 4.98 Å². The molecule has 2 aromatic heterocycles. The Morgan fingerprint density at radius 2 is 1.88 bits per heavy atom. The quantitative estimate of drug-likeness (QED) is 0.345. The Kier molecular flexibility index (Phi) is 7.62. The first-order valence-electron chi connectivity index (χ1n) is 11.2. The number of aliphatic hydroxyl groups excluding tert-OH is 1. The molecule has 0 spiro atoms. The van der Waals surface area contributed by atoms with E-state index in [0.717, 1.165) is 29.7 Å². The number of nitrogens with zero attached hydrogens (tertiary/aromatic N) is 2. The minimum atomic E-state index is -0.610. The number of benzene rings is 2. The first-order chi connectivity index (χ1) is 16.5. The van der Waals surface area contributed by atoms with Crippen LogP contribution in [-0.4, -0.2) is 47.3 Å². The highest BCUT2D eigenvalue weighted by molar-refractivity contribution is 7.17. The molecule has 0 unspecified atom stereocenters. The van der Waals surface area contributed by atoms with E-state index in [1.54, 1.807) is 14.2 Å². The normalized spacial score (nSPS) is 12.3. The zero-order valence-corrected chi connectivity index (χ0v) is 20.4. The van der Waals surface area contributed by atoms with Crippen molar-refractivity contribution in [2.75, 3.05) is 27.3 Å². The lowest BCUT2D eigenvalue weighted by atomic mass is 10.1. The van der Waals surface area contributed by atoms with E-state index in [1.165, 1.54) is 11.3 Å². The second-order valence-electron chi connectivity index (χ2n) is 8.07. The van der Waals surface area contributed by atoms with Crippen LogP contribution in [0.5, 0.6) is 11.5 Å². The van der Waals surface area contributed by atoms with Gasteiger partial charge in [-0.1, -0.05) is 43.3 Å². The number of hydrogen-bond donors (Lipinski definition) is 2. The molecule has 34 heavy (non-hydrogen) atoms. The number of aliphatic hydroxyl groups is 1. The maximum atomic E-state index is 13.1. The van der Waals surface area contributed by atoms with E-state index >= 15 is 0 Å². The van der Waals surface area contributed by atoms with Gasteiger partial charge in [-0.05, 0) is 36.2 Å². The molecular weight excluding hydrogens is 450 g/mol. The summed E-state index contributed by atoms with van der Waals surface area (Å²) < 4.78 is 10.7. The lowest BCUT2D eigenvalue weighted by Crippen LogP contribution is -2.30. The first kappa shape index (κ1) is 23.9. The Morgan fingerprint density at radius 3 is 2.59 bits per heavy atom. The van der Waals surface area contributed by atoms with E-state index in [-0.39, 0.29) is 5.56 Å². The minimum Gasteiger partial charge on any atom is -0.493 e. The largest absolute Gasteiger partial charge is 0.493 e. The van der Waals surface area contributed by atoms with Crippen molar-refractivity contribution in [3.05, 3.63) is 75.7 Å². The number of fused-ring (bicyclic) bond motifs is 1. The lowest BCUT2D eigenvalue weighted by molar-refractivity contribution is 0.107. The summed E-state index contributed by atoms with van der Waals surface area (Å²) in [5.41, 5.74) is 2.37. The van der Waals surface area contributed by atoms with Crippen LogP contribution in [0, 0.1) is 0 Å². The molecule has 4 rings (SSSR count). The van der Waals surface area contributed by atoms with E-state index in [1.807, 2.05) is 53.9 Å². The third-order valence-electron chi connectivity index (χ3n) is 5.72. The Bertz CT molecular complexity index is 1300. The smallest absolute Gasteiger partial charge is 0.260 e. The summed E-state index contributed by atoms with van der Waals surface area (Å²) in [7, 11) is 3.18. The minimum absolute atomic E-state index is 0.175. The molecule has 0 fully saturated rings. The molecule has 0 amide bonds. The summed E-state index contributed by atoms with van der Waals surface area (Å²) in [6.07, 6.45) is 0.317. The SMILES string of the molecule is CCCN(Cc1nc2scc(-c3ccc(OC)c(OC)c3)c2c(=O)[nH]1)C[C@H](O)c1ccccc1. The van der Waals surface area contributed by atoms with Crippen LogP contribution in [0.3, 0.4) is 0 Å². The van der Waals surface area contributed by atoms with Crippen molar-refractivity contribution in [2.45, 2.75) is 26.0 Å². The monoisotopic (exact) mass is 479 g/mol. The summed E-state index contributed by atoms with van der Waals surface area (Å²) in [6, 6.07) is 15.2. The molecular formula is C26H29N3O4S. The number of ether oxygens (including phenoxy) is 2. The van der Waals surface area contributed by atoms with Crippen molar-refractivity contribution in [1.82, 2.24) is 14.9 Å². The second kappa shape index (κ2) is 10.8. The van der Waals surface area contributed by atoms with Crippen molar-refractivity contribution in [3.8, 4) is 22.6 Å². The average molecular weight is 480 g/mol. The van der Waals surface area contributed by atoms with Crippen LogP contribution in [-0.2, 0) is 6.54 Å². The molecule has 0 bridgehead atoms. The van der Waals surface area contributed by atoms with E-state index in [9.17, 15) is 9.90 Å². The molecule has 0 saturated heterocycles. The van der Waals surface area contributed by atoms with Gasteiger partial charge in [-0.3, -0.25) is 9.69 Å². The predicted molar refractivity (Wildman–Crippen MR) is 136 cm³/mol. The van der Waals surface area contributed by atoms with Crippen LogP contribution in [0.25, 0.3) is 21.3 Å². The number of hydrogen-bond acceptors (Lipinski definition) is 7. The van der Waals surface area contributed by atoms with Crippen LogP contribution < -0.4 is 15.0 Å². The third kappa shape index (κ3) is 5.14. The van der Waals surface area contributed by atoms with Crippen LogP contribution in [0.2, 0.25) is 0 Å². The number of thiophene rings is 1. The van der Waals surface area contributed by atoms with Gasteiger partial charge in [0.15, 0.2) is 11.5 Å². The van der Waals surface area contributed by atoms with Gasteiger partial charge in [-0.15, -0.1) is 11.3 Å². The Hall–Kier alpha value is -3.20. The molecule has 0 saturated carbocycles. The summed E-state index contributed by atoms with van der Waals surface area (Å²) in [5, 5.41) is 13.2. The van der Waals surface area contributed by atoms with Crippen LogP contribution in [0.1, 0.15) is 30.8 Å². The van der Waals surface area contributed by atoms with Crippen molar-refractivity contribution in [3.63, 3.8) is 0 Å². The predicted octanol–water partition coefficient (Wildman–Crippen LogP) is 4.61. The number of H-pyrrole nitrogens is 1. The van der Waals surface area contributed by atoms with Gasteiger partial charge in [0.1, 0.15) is 10.7 Å². The summed E-state index contributed by atoms with van der Waals surface area (Å²) in [5.74, 6) is 1.83. The molecule has 0 radical (unpaired) electrons. The van der Waals surface area contributed by atoms with Gasteiger partial charge in [-0.2, -0.15) is 0 Å². The Balaban J connectivity index is 1.60. The highest BCUT2D eigenvalue weighted by Gasteiger charge is 2.18. The van der Waals surface area contributed by atoms with Gasteiger partial charge in [0.05, 0.1) is 32.3 Å². The maximum Gasteiger partial charge on any atom is 0.260 e. The number of methoxy groups -OCH3 is 2. The van der Waals surface area contributed by atoms with Gasteiger partial charge in [0.2, 0.25) is 0 Å². The first-order valence-corrected chi connectivity index (χ1v) is 12.1. The zero-order chi connectivity index (χ0) is 24.1. The zero-order valence-electron chi connectivity index (χ0n) is 19.6. The lowest BCUT2D eigenvalue weighted by Gasteiger charge is -2.24. The fourth-order valence-electron chi connectivity index (χ4n) is 4.07. The molecule has 4 aromatic rings. The van der Waals surface area contributed by atoms with E-state index in [4.69, 9.17) is 14.5 Å². The van der Waals surface area contributed by atoms with Gasteiger partial charge in [0.25, 0.3) is 5.56 Å². The van der Waals surface area contributed by atoms with Crippen molar-refractivity contribution < 1.29 is 14.6 Å². The molecule has 0 aliphatic carbocycles. The summed E-state index contributed by atoms with van der Waals surface area (Å²) in [4.78, 5) is 23.6. The van der Waals surface area contributed by atoms with Gasteiger partial charge in [0, 0.05) is 17.5 Å². The highest BCUT2D eigenvalue weighted by atomic mass is 32.1. The standard InChI is InChI=1S/C26H29N3O4S/c1-4-12-29(14-20(30)17-8-6-5-7-9-17)15-23-27-25(31)24-19(16-34-26(24)28-23)18-10-11-21(32-2)22(13-18)33-3/h5-11,13,16,20,30H,4,12,14-15H2,1-3H3,(H,27,28,31)/t20-/m0/s1. The van der Waals surface area contributed by atoms with Crippen LogP contribution >= 0.6 is 11.3 Å². The van der Waals surface area contributed by atoms with E-state index in [2.05, 4.69) is 16.8 Å². The third-order valence-corrected chi connectivity index (χ3v) is 6.59. The number of aromatic amines is 1.